The van der Waals surface area contributed by atoms with E-state index in [4.69, 9.17) is 9.97 Å². The molecule has 0 N–H and O–H groups in total. The molecule has 1 fully saturated rings. The molecule has 41 heavy (non-hydrogen) atoms. The molecule has 1 aliphatic heterocycles. The fourth-order valence-corrected chi connectivity index (χ4v) is 5.29. The molecule has 0 unspecified atom stereocenters. The molecule has 206 valence electrons. The van der Waals surface area contributed by atoms with E-state index in [1.807, 2.05) is 30.3 Å². The average molecular weight is 546 g/mol. The van der Waals surface area contributed by atoms with Crippen LogP contribution in [0.1, 0.15) is 36.0 Å². The number of fused-ring (bicyclic) bond motifs is 1. The van der Waals surface area contributed by atoms with Crippen molar-refractivity contribution in [3.05, 3.63) is 84.1 Å². The van der Waals surface area contributed by atoms with Crippen LogP contribution in [0.15, 0.2) is 67.4 Å². The van der Waals surface area contributed by atoms with Gasteiger partial charge in [-0.1, -0.05) is 36.8 Å². The summed E-state index contributed by atoms with van der Waals surface area (Å²) in [4.78, 5) is 26.8. The van der Waals surface area contributed by atoms with Crippen LogP contribution in [0.2, 0.25) is 0 Å². The molecule has 5 heterocycles. The van der Waals surface area contributed by atoms with Gasteiger partial charge in [0.2, 0.25) is 5.91 Å². The van der Waals surface area contributed by atoms with Crippen LogP contribution < -0.4 is 4.90 Å². The van der Waals surface area contributed by atoms with Gasteiger partial charge < -0.3 is 9.80 Å². The Hall–Kier alpha value is -5.04. The number of aromatic nitrogens is 6. The molecule has 1 saturated heterocycles. The lowest BCUT2D eigenvalue weighted by atomic mass is 9.96. The number of carbonyl (C=O) groups excluding carboxylic acids is 1. The van der Waals surface area contributed by atoms with E-state index in [2.05, 4.69) is 59.3 Å². The summed E-state index contributed by atoms with van der Waals surface area (Å²) in [6, 6.07) is 14.6. The number of piperazine rings is 1. The highest BCUT2D eigenvalue weighted by Crippen LogP contribution is 2.29. The van der Waals surface area contributed by atoms with Gasteiger partial charge in [0, 0.05) is 63.2 Å². The summed E-state index contributed by atoms with van der Waals surface area (Å²) in [5, 5.41) is 18.3. The van der Waals surface area contributed by atoms with Gasteiger partial charge >= 0.3 is 0 Å². The zero-order valence-corrected chi connectivity index (χ0v) is 23.4. The van der Waals surface area contributed by atoms with Crippen LogP contribution in [0.25, 0.3) is 28.0 Å². The second-order valence-corrected chi connectivity index (χ2v) is 10.6. The molecule has 1 atom stereocenters. The van der Waals surface area contributed by atoms with Crippen LogP contribution in [-0.4, -0.2) is 66.3 Å². The van der Waals surface area contributed by atoms with Crippen LogP contribution in [-0.2, 0) is 11.8 Å². The first-order chi connectivity index (χ1) is 19.9. The van der Waals surface area contributed by atoms with Crippen LogP contribution in [0, 0.1) is 18.3 Å². The number of nitriles is 1. The van der Waals surface area contributed by atoms with Crippen molar-refractivity contribution in [1.29, 1.82) is 5.26 Å². The summed E-state index contributed by atoms with van der Waals surface area (Å²) in [6.07, 6.45) is 9.30. The van der Waals surface area contributed by atoms with Crippen LogP contribution >= 0.6 is 0 Å². The van der Waals surface area contributed by atoms with E-state index in [1.54, 1.807) is 34.0 Å². The predicted octanol–water partition coefficient (Wildman–Crippen LogP) is 4.21. The van der Waals surface area contributed by atoms with Gasteiger partial charge in [0.1, 0.15) is 23.0 Å². The van der Waals surface area contributed by atoms with Gasteiger partial charge in [0.05, 0.1) is 30.0 Å². The Labute approximate surface area is 238 Å². The smallest absolute Gasteiger partial charge is 0.223 e. The monoisotopic (exact) mass is 545 g/mol. The van der Waals surface area contributed by atoms with Crippen molar-refractivity contribution in [2.45, 2.75) is 26.2 Å². The van der Waals surface area contributed by atoms with Gasteiger partial charge in [-0.05, 0) is 30.5 Å². The second kappa shape index (κ2) is 10.8. The van der Waals surface area contributed by atoms with E-state index in [-0.39, 0.29) is 11.8 Å². The molecule has 10 heteroatoms. The van der Waals surface area contributed by atoms with Crippen LogP contribution in [0.3, 0.4) is 0 Å². The van der Waals surface area contributed by atoms with Crippen LogP contribution in [0.5, 0.6) is 0 Å². The first-order valence-corrected chi connectivity index (χ1v) is 13.7. The molecule has 6 rings (SSSR count). The summed E-state index contributed by atoms with van der Waals surface area (Å²) in [6.45, 7) is 6.96. The van der Waals surface area contributed by atoms with Crippen molar-refractivity contribution < 1.29 is 4.79 Å². The number of carbonyl (C=O) groups is 1. The standard InChI is InChI=1S/C31H31N9O/c1-21-4-6-23(7-5-21)22(2)14-29(41)39-12-10-38(11-13-39)28-9-8-24(16-33-28)30-31-25(15-32)17-35-40(31)20-27(36-30)26-18-34-37(3)19-26/h4-9,16-20,22H,10-14H2,1-3H3/t22-/m0/s1. The molecule has 0 spiro atoms. The van der Waals surface area contributed by atoms with Crippen molar-refractivity contribution in [2.24, 2.45) is 7.05 Å². The van der Waals surface area contributed by atoms with Gasteiger partial charge in [-0.3, -0.25) is 9.48 Å². The quantitative estimate of drug-likeness (QED) is 0.314. The summed E-state index contributed by atoms with van der Waals surface area (Å²) in [7, 11) is 1.86. The Morgan fingerprint density at radius 2 is 1.76 bits per heavy atom. The highest BCUT2D eigenvalue weighted by Gasteiger charge is 2.24. The third-order valence-corrected chi connectivity index (χ3v) is 7.72. The number of benzene rings is 1. The maximum absolute atomic E-state index is 13.0. The van der Waals surface area contributed by atoms with Gasteiger partial charge in [0.15, 0.2) is 0 Å². The lowest BCUT2D eigenvalue weighted by Crippen LogP contribution is -2.49. The first-order valence-electron chi connectivity index (χ1n) is 13.7. The minimum atomic E-state index is 0.185. The molecule has 0 saturated carbocycles. The van der Waals surface area contributed by atoms with Gasteiger partial charge in [-0.2, -0.15) is 15.5 Å². The Balaban J connectivity index is 1.16. The lowest BCUT2D eigenvalue weighted by molar-refractivity contribution is -0.131. The van der Waals surface area contributed by atoms with Crippen molar-refractivity contribution in [3.63, 3.8) is 0 Å². The summed E-state index contributed by atoms with van der Waals surface area (Å²) in [5.41, 5.74) is 6.50. The van der Waals surface area contributed by atoms with Crippen LogP contribution in [0.4, 0.5) is 5.82 Å². The predicted molar refractivity (Wildman–Crippen MR) is 156 cm³/mol. The van der Waals surface area contributed by atoms with Gasteiger partial charge in [-0.25, -0.2) is 14.5 Å². The first kappa shape index (κ1) is 26.2. The van der Waals surface area contributed by atoms with E-state index in [0.29, 0.717) is 42.0 Å². The van der Waals surface area contributed by atoms with Gasteiger partial charge in [0.25, 0.3) is 0 Å². The summed E-state index contributed by atoms with van der Waals surface area (Å²) in [5.74, 6) is 1.23. The highest BCUT2D eigenvalue weighted by atomic mass is 16.2. The second-order valence-electron chi connectivity index (χ2n) is 10.6. The zero-order chi connectivity index (χ0) is 28.5. The molecular formula is C31H31N9O. The third-order valence-electron chi connectivity index (χ3n) is 7.72. The third kappa shape index (κ3) is 5.26. The Kier molecular flexibility index (Phi) is 6.93. The Bertz CT molecular complexity index is 1740. The molecular weight excluding hydrogens is 514 g/mol. The number of hydrogen-bond acceptors (Lipinski definition) is 7. The van der Waals surface area contributed by atoms with E-state index >= 15 is 0 Å². The molecule has 0 aliphatic carbocycles. The Morgan fingerprint density at radius 3 is 2.41 bits per heavy atom. The number of nitrogens with zero attached hydrogens (tertiary/aromatic N) is 9. The highest BCUT2D eigenvalue weighted by molar-refractivity contribution is 5.83. The van der Waals surface area contributed by atoms with Crippen molar-refractivity contribution in [1.82, 2.24) is 34.3 Å². The zero-order valence-electron chi connectivity index (χ0n) is 23.4. The molecule has 0 radical (unpaired) electrons. The van der Waals surface area contributed by atoms with Crippen molar-refractivity contribution in [3.8, 4) is 28.6 Å². The molecule has 1 amide bonds. The van der Waals surface area contributed by atoms with E-state index in [1.165, 1.54) is 11.1 Å². The van der Waals surface area contributed by atoms with E-state index in [9.17, 15) is 10.1 Å². The minimum absolute atomic E-state index is 0.185. The fourth-order valence-electron chi connectivity index (χ4n) is 5.29. The molecule has 5 aromatic rings. The van der Waals surface area contributed by atoms with E-state index < -0.39 is 0 Å². The largest absolute Gasteiger partial charge is 0.353 e. The van der Waals surface area contributed by atoms with Crippen molar-refractivity contribution >= 4 is 17.2 Å². The maximum atomic E-state index is 13.0. The summed E-state index contributed by atoms with van der Waals surface area (Å²) >= 11 is 0. The van der Waals surface area contributed by atoms with Crippen molar-refractivity contribution in [2.75, 3.05) is 31.1 Å². The minimum Gasteiger partial charge on any atom is -0.353 e. The number of rotatable bonds is 6. The number of anilines is 1. The SMILES string of the molecule is Cc1ccc([C@@H](C)CC(=O)N2CCN(c3ccc(-c4nc(-c5cnn(C)c5)cn5ncc(C#N)c45)cn3)CC2)cc1. The number of pyridine rings is 1. The average Bonchev–Trinajstić information content (AvgIpc) is 3.63. The lowest BCUT2D eigenvalue weighted by Gasteiger charge is -2.36. The fraction of sp³-hybridized carbons (Fsp3) is 0.290. The molecule has 1 aromatic carbocycles. The normalized spacial score (nSPS) is 14.3. The molecule has 0 bridgehead atoms. The maximum Gasteiger partial charge on any atom is 0.223 e. The van der Waals surface area contributed by atoms with E-state index in [0.717, 1.165) is 30.0 Å². The Morgan fingerprint density at radius 1 is 0.976 bits per heavy atom. The van der Waals surface area contributed by atoms with Gasteiger partial charge in [-0.15, -0.1) is 0 Å². The number of amides is 1. The topological polar surface area (TPSA) is 108 Å². The molecule has 10 nitrogen and oxygen atoms in total. The summed E-state index contributed by atoms with van der Waals surface area (Å²) < 4.78 is 3.41. The molecule has 1 aliphatic rings. The molecule has 4 aromatic heterocycles. The number of aryl methyl sites for hydroxylation is 2. The number of hydrogen-bond donors (Lipinski definition) is 0.